The van der Waals surface area contributed by atoms with Crippen LogP contribution in [0, 0.1) is 0 Å². The Kier molecular flexibility index (Phi) is 4.70. The van der Waals surface area contributed by atoms with E-state index < -0.39 is 23.2 Å². The van der Waals surface area contributed by atoms with Gasteiger partial charge in [-0.3, -0.25) is 4.79 Å². The van der Waals surface area contributed by atoms with Crippen LogP contribution in [-0.4, -0.2) is 34.0 Å². The Bertz CT molecular complexity index is 748. The molecule has 7 nitrogen and oxygen atoms in total. The molecule has 7 heteroatoms. The van der Waals surface area contributed by atoms with Crippen molar-refractivity contribution in [2.75, 3.05) is 7.11 Å². The van der Waals surface area contributed by atoms with Crippen molar-refractivity contribution in [2.24, 2.45) is 5.10 Å². The van der Waals surface area contributed by atoms with E-state index in [-0.39, 0.29) is 5.56 Å². The first-order valence-corrected chi connectivity index (χ1v) is 6.66. The zero-order valence-electron chi connectivity index (χ0n) is 12.6. The number of methoxy groups -OCH3 is 1. The second-order valence-corrected chi connectivity index (χ2v) is 4.73. The van der Waals surface area contributed by atoms with Crippen LogP contribution < -0.4 is 10.2 Å². The molecule has 2 aromatic carbocycles. The molecule has 0 bridgehead atoms. The van der Waals surface area contributed by atoms with Crippen LogP contribution in [0.4, 0.5) is 0 Å². The largest absolute Gasteiger partial charge is 0.504 e. The van der Waals surface area contributed by atoms with Gasteiger partial charge in [-0.05, 0) is 31.2 Å². The Morgan fingerprint density at radius 3 is 2.35 bits per heavy atom. The van der Waals surface area contributed by atoms with Crippen molar-refractivity contribution < 1.29 is 24.9 Å². The second-order valence-electron chi connectivity index (χ2n) is 4.73. The first-order valence-electron chi connectivity index (χ1n) is 6.66. The summed E-state index contributed by atoms with van der Waals surface area (Å²) in [5.41, 5.74) is 3.58. The predicted octanol–water partition coefficient (Wildman–Crippen LogP) is 1.97. The van der Waals surface area contributed by atoms with E-state index in [4.69, 9.17) is 4.74 Å². The van der Waals surface area contributed by atoms with Gasteiger partial charge < -0.3 is 20.1 Å². The maximum Gasteiger partial charge on any atom is 0.271 e. The summed E-state index contributed by atoms with van der Waals surface area (Å²) < 4.78 is 5.12. The molecule has 0 saturated carbocycles. The molecule has 2 rings (SSSR count). The summed E-state index contributed by atoms with van der Waals surface area (Å²) in [6.07, 6.45) is 0. The van der Waals surface area contributed by atoms with Crippen molar-refractivity contribution in [3.8, 4) is 23.0 Å². The second kappa shape index (κ2) is 6.69. The first kappa shape index (κ1) is 16.2. The highest BCUT2D eigenvalue weighted by Crippen LogP contribution is 2.35. The third-order valence-corrected chi connectivity index (χ3v) is 3.14. The summed E-state index contributed by atoms with van der Waals surface area (Å²) in [7, 11) is 1.55. The Morgan fingerprint density at radius 2 is 1.74 bits per heavy atom. The van der Waals surface area contributed by atoms with Gasteiger partial charge in [-0.15, -0.1) is 0 Å². The molecule has 0 radical (unpaired) electrons. The van der Waals surface area contributed by atoms with Crippen molar-refractivity contribution >= 4 is 11.6 Å². The number of hydrazone groups is 1. The molecule has 0 aliphatic heterocycles. The van der Waals surface area contributed by atoms with Crippen LogP contribution in [0.1, 0.15) is 22.8 Å². The van der Waals surface area contributed by atoms with E-state index >= 15 is 0 Å². The van der Waals surface area contributed by atoms with Crippen LogP contribution in [0.3, 0.4) is 0 Å². The van der Waals surface area contributed by atoms with Crippen LogP contribution >= 0.6 is 0 Å². The minimum atomic E-state index is -0.683. The maximum absolute atomic E-state index is 12.0. The summed E-state index contributed by atoms with van der Waals surface area (Å²) in [6, 6.07) is 9.22. The Labute approximate surface area is 132 Å². The lowest BCUT2D eigenvalue weighted by molar-refractivity contribution is 0.0954. The molecule has 2 aromatic rings. The molecule has 0 atom stereocenters. The summed E-state index contributed by atoms with van der Waals surface area (Å²) in [5, 5.41) is 32.0. The van der Waals surface area contributed by atoms with Gasteiger partial charge in [0.1, 0.15) is 5.75 Å². The van der Waals surface area contributed by atoms with Crippen LogP contribution in [0.2, 0.25) is 0 Å². The van der Waals surface area contributed by atoms with Crippen LogP contribution in [0.25, 0.3) is 0 Å². The van der Waals surface area contributed by atoms with Gasteiger partial charge in [0.25, 0.3) is 5.91 Å². The molecule has 120 valence electrons. The summed E-state index contributed by atoms with van der Waals surface area (Å²) in [5.74, 6) is -1.85. The molecule has 0 unspecified atom stereocenters. The number of nitrogens with zero attached hydrogens (tertiary/aromatic N) is 1. The molecule has 0 aliphatic rings. The topological polar surface area (TPSA) is 111 Å². The monoisotopic (exact) mass is 316 g/mol. The van der Waals surface area contributed by atoms with E-state index in [1.807, 2.05) is 6.07 Å². The molecular formula is C16H16N2O5. The van der Waals surface area contributed by atoms with E-state index in [0.717, 1.165) is 17.7 Å². The van der Waals surface area contributed by atoms with Gasteiger partial charge in [-0.25, -0.2) is 5.43 Å². The molecule has 4 N–H and O–H groups in total. The smallest absolute Gasteiger partial charge is 0.271 e. The van der Waals surface area contributed by atoms with Crippen molar-refractivity contribution in [1.29, 1.82) is 0 Å². The Morgan fingerprint density at radius 1 is 1.09 bits per heavy atom. The fourth-order valence-electron chi connectivity index (χ4n) is 1.85. The standard InChI is InChI=1S/C16H16N2O5/c1-9(10-4-3-5-12(6-10)23-2)17-18-16(22)11-7-13(19)15(21)14(20)8-11/h3-8,19-21H,1-2H3,(H,18,22). The fraction of sp³-hybridized carbons (Fsp3) is 0.125. The van der Waals surface area contributed by atoms with Crippen molar-refractivity contribution in [2.45, 2.75) is 6.92 Å². The van der Waals surface area contributed by atoms with E-state index in [1.165, 1.54) is 0 Å². The van der Waals surface area contributed by atoms with Crippen LogP contribution in [0.5, 0.6) is 23.0 Å². The average molecular weight is 316 g/mol. The van der Waals surface area contributed by atoms with E-state index in [2.05, 4.69) is 10.5 Å². The molecule has 23 heavy (non-hydrogen) atoms. The Hall–Kier alpha value is -3.22. The lowest BCUT2D eigenvalue weighted by atomic mass is 10.1. The molecule has 0 aromatic heterocycles. The Balaban J connectivity index is 2.17. The SMILES string of the molecule is COc1cccc(C(C)=NNC(=O)c2cc(O)c(O)c(O)c2)c1. The fourth-order valence-corrected chi connectivity index (χ4v) is 1.85. The van der Waals surface area contributed by atoms with E-state index in [0.29, 0.717) is 11.5 Å². The summed E-state index contributed by atoms with van der Waals surface area (Å²) >= 11 is 0. The van der Waals surface area contributed by atoms with Gasteiger partial charge in [-0.1, -0.05) is 12.1 Å². The van der Waals surface area contributed by atoms with Gasteiger partial charge in [0.15, 0.2) is 17.2 Å². The zero-order valence-corrected chi connectivity index (χ0v) is 12.6. The number of amides is 1. The number of phenols is 3. The molecule has 1 amide bonds. The third kappa shape index (κ3) is 3.70. The number of aromatic hydroxyl groups is 3. The van der Waals surface area contributed by atoms with Gasteiger partial charge in [-0.2, -0.15) is 5.10 Å². The van der Waals surface area contributed by atoms with Gasteiger partial charge in [0.2, 0.25) is 0 Å². The van der Waals surface area contributed by atoms with E-state index in [9.17, 15) is 20.1 Å². The quantitative estimate of drug-likeness (QED) is 0.391. The molecule has 0 fully saturated rings. The number of ether oxygens (including phenoxy) is 1. The maximum atomic E-state index is 12.0. The highest BCUT2D eigenvalue weighted by atomic mass is 16.5. The number of benzene rings is 2. The number of hydrogen-bond donors (Lipinski definition) is 4. The normalized spacial score (nSPS) is 11.1. The third-order valence-electron chi connectivity index (χ3n) is 3.14. The van der Waals surface area contributed by atoms with Gasteiger partial charge in [0.05, 0.1) is 12.8 Å². The highest BCUT2D eigenvalue weighted by Gasteiger charge is 2.13. The number of nitrogens with one attached hydrogen (secondary N) is 1. The minimum absolute atomic E-state index is 0.0417. The lowest BCUT2D eigenvalue weighted by Crippen LogP contribution is -2.19. The molecule has 0 saturated heterocycles. The number of carbonyl (C=O) groups is 1. The molecular weight excluding hydrogens is 300 g/mol. The number of carbonyl (C=O) groups excluding carboxylic acids is 1. The van der Waals surface area contributed by atoms with Crippen molar-refractivity contribution in [3.63, 3.8) is 0 Å². The molecule has 0 heterocycles. The summed E-state index contributed by atoms with van der Waals surface area (Å²) in [6.45, 7) is 1.71. The zero-order chi connectivity index (χ0) is 17.0. The highest BCUT2D eigenvalue weighted by molar-refractivity contribution is 6.01. The lowest BCUT2D eigenvalue weighted by Gasteiger charge is -2.06. The van der Waals surface area contributed by atoms with Crippen LogP contribution in [-0.2, 0) is 0 Å². The molecule has 0 aliphatic carbocycles. The number of hydrogen-bond acceptors (Lipinski definition) is 6. The predicted molar refractivity (Wildman–Crippen MR) is 84.1 cm³/mol. The molecule has 0 spiro atoms. The van der Waals surface area contributed by atoms with Crippen LogP contribution in [0.15, 0.2) is 41.5 Å². The summed E-state index contributed by atoms with van der Waals surface area (Å²) in [4.78, 5) is 12.0. The van der Waals surface area contributed by atoms with Crippen molar-refractivity contribution in [3.05, 3.63) is 47.5 Å². The minimum Gasteiger partial charge on any atom is -0.504 e. The number of rotatable bonds is 4. The van der Waals surface area contributed by atoms with E-state index in [1.54, 1.807) is 32.2 Å². The first-order chi connectivity index (χ1) is 10.9. The average Bonchev–Trinajstić information content (AvgIpc) is 2.56. The van der Waals surface area contributed by atoms with Crippen molar-refractivity contribution in [1.82, 2.24) is 5.43 Å². The van der Waals surface area contributed by atoms with Gasteiger partial charge in [0, 0.05) is 11.1 Å². The number of phenolic OH excluding ortho intramolecular Hbond substituents is 3. The van der Waals surface area contributed by atoms with Gasteiger partial charge >= 0.3 is 0 Å².